The standard InChI is InChI=1S/C30H39N9.2CH4O4S/c1-25-9-11-26(12-10-25)31-33-29-35(2)21-23-38(29)19-5-4-6-20-39-24-22-36(3)30(39)34-32-27-13-15-28(16-14-27)37-17-7-8-18-37;2*1-6(3,4)5-2/h9-16,21-24H,4-8,17-20H2,1-3H3;2*2H,1H3/q+2;;/p-2. The Balaban J connectivity index is 0.000000504. The van der Waals surface area contributed by atoms with Gasteiger partial charge in [0, 0.05) is 29.0 Å². The quantitative estimate of drug-likeness (QED) is 0.0648. The van der Waals surface area contributed by atoms with Gasteiger partial charge in [0.2, 0.25) is 0 Å². The second-order valence-corrected chi connectivity index (χ2v) is 14.9. The third-order valence-electron chi connectivity index (χ3n) is 7.50. The number of azo groups is 2. The fourth-order valence-corrected chi connectivity index (χ4v) is 4.90. The molecule has 0 saturated carbocycles. The highest BCUT2D eigenvalue weighted by Gasteiger charge is 2.17. The summed E-state index contributed by atoms with van der Waals surface area (Å²) in [5.41, 5.74) is 4.23. The lowest BCUT2D eigenvalue weighted by Gasteiger charge is -2.16. The van der Waals surface area contributed by atoms with Gasteiger partial charge in [-0.15, -0.1) is 0 Å². The number of rotatable bonds is 13. The smallest absolute Gasteiger partial charge is 0.421 e. The Bertz CT molecular complexity index is 1900. The molecule has 0 N–H and O–H groups in total. The van der Waals surface area contributed by atoms with E-state index in [1.807, 2.05) is 47.8 Å². The molecule has 2 aromatic carbocycles. The van der Waals surface area contributed by atoms with Crippen LogP contribution in [0.4, 0.5) is 29.0 Å². The van der Waals surface area contributed by atoms with Crippen molar-refractivity contribution in [2.45, 2.75) is 52.1 Å². The van der Waals surface area contributed by atoms with E-state index in [9.17, 15) is 16.8 Å². The molecule has 0 aliphatic carbocycles. The van der Waals surface area contributed by atoms with E-state index in [0.717, 1.165) is 68.7 Å². The second kappa shape index (κ2) is 19.8. The summed E-state index contributed by atoms with van der Waals surface area (Å²) in [6.45, 7) is 6.18. The van der Waals surface area contributed by atoms with E-state index in [-0.39, 0.29) is 0 Å². The Morgan fingerprint density at radius 1 is 0.667 bits per heavy atom. The first-order chi connectivity index (χ1) is 24.2. The van der Waals surface area contributed by atoms with E-state index in [0.29, 0.717) is 12.5 Å². The van der Waals surface area contributed by atoms with Crippen LogP contribution in [-0.2, 0) is 56.1 Å². The lowest BCUT2D eigenvalue weighted by molar-refractivity contribution is -0.657. The lowest BCUT2D eigenvalue weighted by Crippen LogP contribution is -2.25. The second-order valence-electron chi connectivity index (χ2n) is 11.9. The Hall–Kier alpha value is -4.40. The Labute approximate surface area is 298 Å². The van der Waals surface area contributed by atoms with Crippen molar-refractivity contribution < 1.29 is 45.2 Å². The van der Waals surface area contributed by atoms with Crippen LogP contribution in [0, 0.1) is 6.92 Å². The predicted molar refractivity (Wildman–Crippen MR) is 184 cm³/mol. The Kier molecular flexibility index (Phi) is 16.0. The van der Waals surface area contributed by atoms with Crippen molar-refractivity contribution in [3.8, 4) is 0 Å². The molecule has 3 heterocycles. The van der Waals surface area contributed by atoms with Gasteiger partial charge < -0.3 is 24.1 Å². The molecule has 0 atom stereocenters. The third kappa shape index (κ3) is 14.8. The van der Waals surface area contributed by atoms with Crippen LogP contribution in [0.25, 0.3) is 0 Å². The van der Waals surface area contributed by atoms with Crippen LogP contribution in [0.2, 0.25) is 0 Å². The molecular formula is C32H45N9O8S2. The molecule has 1 aliphatic rings. The molecule has 0 radical (unpaired) electrons. The summed E-state index contributed by atoms with van der Waals surface area (Å²) in [5, 5.41) is 35.8. The molecule has 17 nitrogen and oxygen atoms in total. The molecule has 0 unspecified atom stereocenters. The molecule has 5 rings (SSSR count). The summed E-state index contributed by atoms with van der Waals surface area (Å²) in [5.74, 6) is 1.71. The molecule has 1 saturated heterocycles. The van der Waals surface area contributed by atoms with Crippen LogP contribution < -0.4 is 24.5 Å². The molecule has 4 aromatic rings. The molecule has 51 heavy (non-hydrogen) atoms. The van der Waals surface area contributed by atoms with Gasteiger partial charge in [-0.25, -0.2) is 35.1 Å². The van der Waals surface area contributed by atoms with Crippen molar-refractivity contribution in [3.63, 3.8) is 0 Å². The van der Waals surface area contributed by atoms with Gasteiger partial charge in [0.25, 0.3) is 20.2 Å². The molecule has 1 aliphatic heterocycles. The van der Waals surface area contributed by atoms with Gasteiger partial charge in [-0.1, -0.05) is 27.9 Å². The van der Waals surface area contributed by atoms with Crippen LogP contribution in [0.5, 0.6) is 0 Å². The van der Waals surface area contributed by atoms with Gasteiger partial charge >= 0.3 is 11.9 Å². The summed E-state index contributed by atoms with van der Waals surface area (Å²) in [4.78, 5) is 2.43. The van der Waals surface area contributed by atoms with Crippen LogP contribution in [-0.4, -0.2) is 51.6 Å². The average molecular weight is 748 g/mol. The zero-order valence-corrected chi connectivity index (χ0v) is 31.0. The number of benzene rings is 2. The van der Waals surface area contributed by atoms with E-state index in [1.165, 1.54) is 24.1 Å². The number of nitrogens with zero attached hydrogens (tertiary/aromatic N) is 9. The fourth-order valence-electron chi connectivity index (χ4n) is 4.90. The first-order valence-corrected chi connectivity index (χ1v) is 19.7. The summed E-state index contributed by atoms with van der Waals surface area (Å²) >= 11 is 0. The van der Waals surface area contributed by atoms with Gasteiger partial charge in [-0.05, 0) is 75.4 Å². The average Bonchev–Trinajstić information content (AvgIpc) is 3.85. The lowest BCUT2D eigenvalue weighted by atomic mass is 10.2. The molecule has 0 bridgehead atoms. The highest BCUT2D eigenvalue weighted by atomic mass is 32.2. The number of hydrogen-bond donors (Lipinski definition) is 0. The predicted octanol–water partition coefficient (Wildman–Crippen LogP) is 3.02. The number of aromatic nitrogens is 4. The maximum atomic E-state index is 9.47. The molecule has 278 valence electrons. The van der Waals surface area contributed by atoms with E-state index in [2.05, 4.69) is 98.9 Å². The number of imidazole rings is 2. The number of unbranched alkanes of at least 4 members (excludes halogenated alkanes) is 2. The third-order valence-corrected chi connectivity index (χ3v) is 7.99. The number of hydrogen-bond acceptors (Lipinski definition) is 13. The number of aryl methyl sites for hydroxylation is 5. The van der Waals surface area contributed by atoms with Gasteiger partial charge in [0.05, 0.1) is 64.5 Å². The maximum Gasteiger partial charge on any atom is 0.421 e. The van der Waals surface area contributed by atoms with Gasteiger partial charge in [0.15, 0.2) is 0 Å². The normalized spacial score (nSPS) is 13.4. The van der Waals surface area contributed by atoms with Crippen molar-refractivity contribution in [3.05, 3.63) is 78.9 Å². The van der Waals surface area contributed by atoms with Gasteiger partial charge in [0.1, 0.15) is 11.4 Å². The first kappa shape index (κ1) is 41.0. The van der Waals surface area contributed by atoms with Gasteiger partial charge in [-0.2, -0.15) is 0 Å². The van der Waals surface area contributed by atoms with Crippen LogP contribution >= 0.6 is 0 Å². The zero-order valence-electron chi connectivity index (χ0n) is 29.4. The highest BCUT2D eigenvalue weighted by molar-refractivity contribution is 7.86. The monoisotopic (exact) mass is 747 g/mol. The number of anilines is 1. The Morgan fingerprint density at radius 3 is 1.45 bits per heavy atom. The van der Waals surface area contributed by atoms with E-state index < -0.39 is 20.2 Å². The van der Waals surface area contributed by atoms with Gasteiger partial charge in [-0.3, -0.25) is 0 Å². The molecule has 19 heteroatoms. The topological polar surface area (TPSA) is 203 Å². The van der Waals surface area contributed by atoms with Crippen LogP contribution in [0.3, 0.4) is 0 Å². The van der Waals surface area contributed by atoms with Crippen molar-refractivity contribution in [1.29, 1.82) is 0 Å². The summed E-state index contributed by atoms with van der Waals surface area (Å²) in [7, 11) is -3.42. The van der Waals surface area contributed by atoms with E-state index in [4.69, 9.17) is 10.5 Å². The summed E-state index contributed by atoms with van der Waals surface area (Å²) in [6.07, 6.45) is 15.4. The summed E-state index contributed by atoms with van der Waals surface area (Å²) < 4.78 is 51.6. The molecule has 0 amide bonds. The SMILES string of the molecule is CS(=O)(=O)O[O-].CS(=O)(=O)O[O-].Cc1ccc(N=Nc2n(CCCCCn3cc[n+](C)c3N=Nc3ccc(N4CCCC4)cc3)cc[n+]2C)cc1. The fraction of sp³-hybridized carbons (Fsp3) is 0.438. The van der Waals surface area contributed by atoms with Crippen molar-refractivity contribution in [2.75, 3.05) is 30.5 Å². The van der Waals surface area contributed by atoms with E-state index in [1.54, 1.807) is 0 Å². The van der Waals surface area contributed by atoms with Crippen molar-refractivity contribution in [2.24, 2.45) is 34.6 Å². The zero-order chi connectivity index (χ0) is 37.4. The Morgan fingerprint density at radius 2 is 1.06 bits per heavy atom. The minimum absolute atomic E-state index is 0.681. The van der Waals surface area contributed by atoms with Crippen molar-refractivity contribution in [1.82, 2.24) is 9.13 Å². The van der Waals surface area contributed by atoms with E-state index >= 15 is 0 Å². The minimum Gasteiger partial charge on any atom is -0.707 e. The van der Waals surface area contributed by atoms with Crippen molar-refractivity contribution >= 4 is 49.2 Å². The first-order valence-electron chi connectivity index (χ1n) is 16.1. The van der Waals surface area contributed by atoms with Crippen LogP contribution in [0.15, 0.2) is 93.8 Å². The molecule has 0 spiro atoms. The minimum atomic E-state index is -3.72. The largest absolute Gasteiger partial charge is 0.707 e. The molecule has 2 aromatic heterocycles. The highest BCUT2D eigenvalue weighted by Crippen LogP contribution is 2.24. The summed E-state index contributed by atoms with van der Waals surface area (Å²) in [6, 6.07) is 16.5. The maximum absolute atomic E-state index is 9.47. The molecular weight excluding hydrogens is 703 g/mol. The van der Waals surface area contributed by atoms with Crippen LogP contribution in [0.1, 0.15) is 37.7 Å². The molecule has 1 fully saturated rings.